The number of hydrogen-bond acceptors (Lipinski definition) is 6. The minimum atomic E-state index is -0.128. The first-order valence-corrected chi connectivity index (χ1v) is 10.9. The fraction of sp³-hybridized carbons (Fsp3) is 0.208. The average molecular weight is 461 g/mol. The van der Waals surface area contributed by atoms with Crippen LogP contribution in [0.2, 0.25) is 5.02 Å². The van der Waals surface area contributed by atoms with Crippen molar-refractivity contribution in [1.82, 2.24) is 25.0 Å². The molecule has 1 aliphatic rings. The Morgan fingerprint density at radius 3 is 2.79 bits per heavy atom. The number of carbonyl (C=O) groups is 1. The third-order valence-corrected chi connectivity index (χ3v) is 5.70. The van der Waals surface area contributed by atoms with Gasteiger partial charge in [0.15, 0.2) is 5.82 Å². The fourth-order valence-electron chi connectivity index (χ4n) is 3.68. The highest BCUT2D eigenvalue weighted by atomic mass is 35.5. The summed E-state index contributed by atoms with van der Waals surface area (Å²) in [4.78, 5) is 16.7. The van der Waals surface area contributed by atoms with E-state index >= 15 is 0 Å². The Morgan fingerprint density at radius 2 is 2.00 bits per heavy atom. The molecule has 166 valence electrons. The van der Waals surface area contributed by atoms with Gasteiger partial charge >= 0.3 is 0 Å². The Labute approximate surface area is 195 Å². The Balaban J connectivity index is 1.14. The van der Waals surface area contributed by atoms with Gasteiger partial charge in [-0.25, -0.2) is 0 Å². The third kappa shape index (κ3) is 5.35. The molecule has 1 aromatic carbocycles. The third-order valence-electron chi connectivity index (χ3n) is 5.49. The number of nitrogens with one attached hydrogen (secondary N) is 1. The van der Waals surface area contributed by atoms with Crippen LogP contribution in [0.5, 0.6) is 5.75 Å². The summed E-state index contributed by atoms with van der Waals surface area (Å²) < 4.78 is 7.72. The van der Waals surface area contributed by atoms with Crippen LogP contribution in [0.4, 0.5) is 5.82 Å². The summed E-state index contributed by atoms with van der Waals surface area (Å²) in [6.07, 6.45) is 9.32. The van der Waals surface area contributed by atoms with Crippen molar-refractivity contribution in [2.75, 3.05) is 5.32 Å². The first-order chi connectivity index (χ1) is 16.1. The molecule has 2 atom stereocenters. The smallest absolute Gasteiger partial charge is 0.229 e. The Morgan fingerprint density at radius 1 is 1.15 bits per heavy atom. The zero-order valence-electron chi connectivity index (χ0n) is 17.6. The molecule has 33 heavy (non-hydrogen) atoms. The monoisotopic (exact) mass is 460 g/mol. The molecule has 0 radical (unpaired) electrons. The van der Waals surface area contributed by atoms with Gasteiger partial charge in [0.2, 0.25) is 5.91 Å². The second-order valence-electron chi connectivity index (χ2n) is 7.96. The lowest BCUT2D eigenvalue weighted by Crippen LogP contribution is -2.16. The predicted octanol–water partition coefficient (Wildman–Crippen LogP) is 4.09. The van der Waals surface area contributed by atoms with Gasteiger partial charge in [0.05, 0.1) is 17.8 Å². The zero-order chi connectivity index (χ0) is 22.6. The number of nitrogens with zero attached hydrogens (tertiary/aromatic N) is 5. The molecule has 1 amide bonds. The van der Waals surface area contributed by atoms with Gasteiger partial charge < -0.3 is 10.1 Å². The van der Waals surface area contributed by atoms with Crippen LogP contribution in [-0.4, -0.2) is 30.9 Å². The minimum Gasteiger partial charge on any atom is -0.487 e. The van der Waals surface area contributed by atoms with Gasteiger partial charge in [0.25, 0.3) is 0 Å². The van der Waals surface area contributed by atoms with Crippen LogP contribution in [0.15, 0.2) is 73.4 Å². The molecule has 0 saturated heterocycles. The molecule has 9 heteroatoms. The van der Waals surface area contributed by atoms with Crippen LogP contribution in [0, 0.1) is 5.92 Å². The van der Waals surface area contributed by atoms with Crippen molar-refractivity contribution in [1.29, 1.82) is 0 Å². The standard InChI is InChI=1S/C24H21ClN6O2/c25-19-8-18(11-26-12-19)21-10-22(21)24(32)29-23-9-20(13-27-30-23)33-15-17-4-2-16(3-5-17)14-31-7-1-6-28-31/h1-9,11-13,21-22H,10,14-15H2,(H,29,30,32)/t21-,22+/m1/s1. The summed E-state index contributed by atoms with van der Waals surface area (Å²) in [6, 6.07) is 13.6. The van der Waals surface area contributed by atoms with Crippen molar-refractivity contribution in [2.45, 2.75) is 25.5 Å². The number of hydrogen-bond donors (Lipinski definition) is 1. The number of carbonyl (C=O) groups excluding carboxylic acids is 1. The molecular formula is C24H21ClN6O2. The molecule has 0 unspecified atom stereocenters. The predicted molar refractivity (Wildman–Crippen MR) is 123 cm³/mol. The number of amides is 1. The van der Waals surface area contributed by atoms with Crippen LogP contribution >= 0.6 is 11.6 Å². The van der Waals surface area contributed by atoms with Gasteiger partial charge in [0.1, 0.15) is 12.4 Å². The molecule has 0 aliphatic heterocycles. The number of pyridine rings is 1. The van der Waals surface area contributed by atoms with Crippen molar-refractivity contribution in [3.63, 3.8) is 0 Å². The lowest BCUT2D eigenvalue weighted by molar-refractivity contribution is -0.117. The largest absolute Gasteiger partial charge is 0.487 e. The summed E-state index contributed by atoms with van der Waals surface area (Å²) in [7, 11) is 0. The van der Waals surface area contributed by atoms with E-state index in [0.717, 1.165) is 29.7 Å². The Bertz CT molecular complexity index is 1250. The van der Waals surface area contributed by atoms with Crippen molar-refractivity contribution < 1.29 is 9.53 Å². The molecule has 0 bridgehead atoms. The number of halogens is 1. The van der Waals surface area contributed by atoms with E-state index in [4.69, 9.17) is 16.3 Å². The van der Waals surface area contributed by atoms with E-state index < -0.39 is 0 Å². The van der Waals surface area contributed by atoms with Crippen LogP contribution in [-0.2, 0) is 17.9 Å². The fourth-order valence-corrected chi connectivity index (χ4v) is 3.86. The highest BCUT2D eigenvalue weighted by Crippen LogP contribution is 2.48. The second kappa shape index (κ2) is 9.38. The summed E-state index contributed by atoms with van der Waals surface area (Å²) in [5, 5.41) is 15.6. The lowest BCUT2D eigenvalue weighted by Gasteiger charge is -2.09. The highest BCUT2D eigenvalue weighted by Gasteiger charge is 2.44. The summed E-state index contributed by atoms with van der Waals surface area (Å²) in [6.45, 7) is 1.11. The second-order valence-corrected chi connectivity index (χ2v) is 8.40. The molecule has 3 heterocycles. The molecular weight excluding hydrogens is 440 g/mol. The first kappa shape index (κ1) is 21.1. The average Bonchev–Trinajstić information content (AvgIpc) is 3.48. The molecule has 1 fully saturated rings. The number of anilines is 1. The van der Waals surface area contributed by atoms with E-state index in [1.165, 1.54) is 6.20 Å². The van der Waals surface area contributed by atoms with Crippen LogP contribution in [0.25, 0.3) is 0 Å². The quantitative estimate of drug-likeness (QED) is 0.425. The number of rotatable bonds is 8. The van der Waals surface area contributed by atoms with E-state index in [2.05, 4.69) is 37.7 Å². The van der Waals surface area contributed by atoms with Gasteiger partial charge in [-0.3, -0.25) is 14.5 Å². The maximum absolute atomic E-state index is 12.6. The maximum Gasteiger partial charge on any atom is 0.229 e. The van der Waals surface area contributed by atoms with Gasteiger partial charge in [0, 0.05) is 36.8 Å². The molecule has 1 N–H and O–H groups in total. The molecule has 5 rings (SSSR count). The van der Waals surface area contributed by atoms with Crippen LogP contribution < -0.4 is 10.1 Å². The van der Waals surface area contributed by atoms with E-state index in [1.807, 2.05) is 35.1 Å². The van der Waals surface area contributed by atoms with E-state index in [9.17, 15) is 4.79 Å². The lowest BCUT2D eigenvalue weighted by atomic mass is 10.1. The Kier molecular flexibility index (Phi) is 5.99. The first-order valence-electron chi connectivity index (χ1n) is 10.6. The van der Waals surface area contributed by atoms with Crippen molar-refractivity contribution in [3.8, 4) is 5.75 Å². The van der Waals surface area contributed by atoms with Gasteiger partial charge in [-0.1, -0.05) is 35.9 Å². The molecule has 0 spiro atoms. The summed E-state index contributed by atoms with van der Waals surface area (Å²) in [5.74, 6) is 0.796. The highest BCUT2D eigenvalue weighted by molar-refractivity contribution is 6.30. The number of benzene rings is 1. The summed E-state index contributed by atoms with van der Waals surface area (Å²) in [5.41, 5.74) is 3.16. The zero-order valence-corrected chi connectivity index (χ0v) is 18.4. The van der Waals surface area contributed by atoms with Gasteiger partial charge in [-0.2, -0.15) is 10.2 Å². The Hall–Kier alpha value is -3.78. The van der Waals surface area contributed by atoms with Gasteiger partial charge in [-0.05, 0) is 41.2 Å². The minimum absolute atomic E-state index is 0.0980. The normalized spacial score (nSPS) is 16.9. The van der Waals surface area contributed by atoms with E-state index in [0.29, 0.717) is 23.2 Å². The number of aromatic nitrogens is 5. The van der Waals surface area contributed by atoms with E-state index in [-0.39, 0.29) is 17.7 Å². The molecule has 1 aliphatic carbocycles. The maximum atomic E-state index is 12.6. The number of ether oxygens (including phenoxy) is 1. The SMILES string of the molecule is O=C(Nc1cc(OCc2ccc(Cn3cccn3)cc2)cnn1)[C@H]1C[C@@H]1c1cncc(Cl)c1. The van der Waals surface area contributed by atoms with Crippen molar-refractivity contribution in [3.05, 3.63) is 95.2 Å². The van der Waals surface area contributed by atoms with Gasteiger partial charge in [-0.15, -0.1) is 5.10 Å². The topological polar surface area (TPSA) is 94.8 Å². The van der Waals surface area contributed by atoms with Crippen molar-refractivity contribution in [2.24, 2.45) is 5.92 Å². The van der Waals surface area contributed by atoms with Crippen molar-refractivity contribution >= 4 is 23.3 Å². The molecule has 4 aromatic rings. The molecule has 3 aromatic heterocycles. The van der Waals surface area contributed by atoms with E-state index in [1.54, 1.807) is 24.7 Å². The van der Waals surface area contributed by atoms with Crippen LogP contribution in [0.3, 0.4) is 0 Å². The van der Waals surface area contributed by atoms with Crippen LogP contribution in [0.1, 0.15) is 29.0 Å². The molecule has 8 nitrogen and oxygen atoms in total. The summed E-state index contributed by atoms with van der Waals surface area (Å²) >= 11 is 6.00. The molecule has 1 saturated carbocycles.